The van der Waals surface area contributed by atoms with Crippen molar-refractivity contribution in [1.29, 1.82) is 0 Å². The van der Waals surface area contributed by atoms with Crippen molar-refractivity contribution in [2.24, 2.45) is 0 Å². The zero-order chi connectivity index (χ0) is 9.56. The lowest BCUT2D eigenvalue weighted by atomic mass is 10.1. The van der Waals surface area contributed by atoms with Crippen LogP contribution in [0.1, 0.15) is 13.8 Å². The average Bonchev–Trinajstić information content (AvgIpc) is 2.01. The van der Waals surface area contributed by atoms with E-state index >= 15 is 0 Å². The maximum atomic E-state index is 9.03. The molecule has 0 rings (SSSR count). The summed E-state index contributed by atoms with van der Waals surface area (Å²) in [6.45, 7) is 7.70. The van der Waals surface area contributed by atoms with Crippen LogP contribution in [-0.2, 0) is 4.74 Å². The highest BCUT2D eigenvalue weighted by atomic mass is 16.5. The van der Waals surface area contributed by atoms with E-state index in [9.17, 15) is 0 Å². The van der Waals surface area contributed by atoms with Gasteiger partial charge in [0, 0.05) is 7.11 Å². The first-order valence-corrected chi connectivity index (χ1v) is 3.80. The van der Waals surface area contributed by atoms with Crippen molar-refractivity contribution in [3.05, 3.63) is 35.6 Å². The molecule has 0 fully saturated rings. The summed E-state index contributed by atoms with van der Waals surface area (Å²) in [5.41, 5.74) is 1.97. The van der Waals surface area contributed by atoms with Gasteiger partial charge in [-0.2, -0.15) is 0 Å². The molecule has 0 radical (unpaired) electrons. The predicted molar refractivity (Wildman–Crippen MR) is 51.2 cm³/mol. The molecule has 0 aromatic rings. The fourth-order valence-corrected chi connectivity index (χ4v) is 0.808. The molecule has 1 N–H and O–H groups in total. The van der Waals surface area contributed by atoms with Crippen LogP contribution in [-0.4, -0.2) is 18.8 Å². The fourth-order valence-electron chi connectivity index (χ4n) is 0.808. The maximum absolute atomic E-state index is 9.03. The van der Waals surface area contributed by atoms with Gasteiger partial charge in [-0.1, -0.05) is 12.7 Å². The first kappa shape index (κ1) is 11.0. The topological polar surface area (TPSA) is 29.5 Å². The van der Waals surface area contributed by atoms with Gasteiger partial charge in [-0.3, -0.25) is 0 Å². The lowest BCUT2D eigenvalue weighted by molar-refractivity contribution is 0.227. The van der Waals surface area contributed by atoms with Gasteiger partial charge in [-0.05, 0) is 31.1 Å². The molecule has 2 heteroatoms. The third-order valence-electron chi connectivity index (χ3n) is 1.50. The number of methoxy groups -OCH3 is 1. The Kier molecular flexibility index (Phi) is 5.13. The Hall–Kier alpha value is -1.02. The maximum Gasteiger partial charge on any atom is 0.0895 e. The van der Waals surface area contributed by atoms with E-state index in [0.717, 1.165) is 11.1 Å². The summed E-state index contributed by atoms with van der Waals surface area (Å²) in [6.07, 6.45) is 3.42. The second kappa shape index (κ2) is 5.61. The predicted octanol–water partition coefficient (Wildman–Crippen LogP) is 2.60. The van der Waals surface area contributed by atoms with Crippen LogP contribution in [0, 0.1) is 0 Å². The molecular formula is C10H16O2. The highest BCUT2D eigenvalue weighted by Crippen LogP contribution is 2.08. The van der Waals surface area contributed by atoms with E-state index in [0.29, 0.717) is 6.61 Å². The zero-order valence-electron chi connectivity index (χ0n) is 7.92. The molecule has 0 atom stereocenters. The summed E-state index contributed by atoms with van der Waals surface area (Å²) < 4.78 is 4.97. The van der Waals surface area contributed by atoms with Gasteiger partial charge in [-0.15, -0.1) is 0 Å². The second-order valence-electron chi connectivity index (χ2n) is 2.63. The Morgan fingerprint density at radius 2 is 2.08 bits per heavy atom. The van der Waals surface area contributed by atoms with E-state index < -0.39 is 0 Å². The van der Waals surface area contributed by atoms with Crippen molar-refractivity contribution < 1.29 is 9.84 Å². The molecule has 0 bridgehead atoms. The summed E-state index contributed by atoms with van der Waals surface area (Å²) in [4.78, 5) is 0. The number of hydrogen-bond acceptors (Lipinski definition) is 2. The normalized spacial score (nSPS) is 14.1. The Balaban J connectivity index is 4.65. The van der Waals surface area contributed by atoms with Crippen LogP contribution in [0.2, 0.25) is 0 Å². The van der Waals surface area contributed by atoms with Crippen LogP contribution in [0.4, 0.5) is 0 Å². The fraction of sp³-hybridized carbons (Fsp3) is 0.400. The van der Waals surface area contributed by atoms with Crippen LogP contribution in [0.15, 0.2) is 35.6 Å². The first-order chi connectivity index (χ1) is 5.61. The lowest BCUT2D eigenvalue weighted by Gasteiger charge is -2.03. The zero-order valence-corrected chi connectivity index (χ0v) is 7.92. The van der Waals surface area contributed by atoms with Crippen LogP contribution in [0.5, 0.6) is 0 Å². The van der Waals surface area contributed by atoms with Crippen molar-refractivity contribution in [1.82, 2.24) is 0 Å². The average molecular weight is 168 g/mol. The Morgan fingerprint density at radius 1 is 1.50 bits per heavy atom. The third-order valence-corrected chi connectivity index (χ3v) is 1.50. The summed E-state index contributed by atoms with van der Waals surface area (Å²) >= 11 is 0. The standard InChI is InChI=1S/C10H16O2/c1-5-8(2)10(7-12-4)6-9(3)11/h5-6,11H,1,7H2,2-4H3/b9-6+,10-8-. The molecule has 0 aliphatic carbocycles. The first-order valence-electron chi connectivity index (χ1n) is 3.80. The third kappa shape index (κ3) is 3.98. The molecule has 0 heterocycles. The molecule has 0 amide bonds. The molecular weight excluding hydrogens is 152 g/mol. The van der Waals surface area contributed by atoms with E-state index in [1.165, 1.54) is 0 Å². The van der Waals surface area contributed by atoms with Crippen molar-refractivity contribution in [2.75, 3.05) is 13.7 Å². The van der Waals surface area contributed by atoms with Gasteiger partial charge in [-0.25, -0.2) is 0 Å². The van der Waals surface area contributed by atoms with Gasteiger partial charge in [0.05, 0.1) is 12.4 Å². The minimum atomic E-state index is 0.281. The molecule has 0 saturated heterocycles. The van der Waals surface area contributed by atoms with E-state index in [1.54, 1.807) is 26.2 Å². The molecule has 0 aliphatic heterocycles. The summed E-state index contributed by atoms with van der Waals surface area (Å²) in [5.74, 6) is 0.281. The monoisotopic (exact) mass is 168 g/mol. The van der Waals surface area contributed by atoms with Crippen LogP contribution >= 0.6 is 0 Å². The Labute approximate surface area is 73.9 Å². The molecule has 0 spiro atoms. The van der Waals surface area contributed by atoms with Crippen molar-refractivity contribution in [2.45, 2.75) is 13.8 Å². The number of ether oxygens (including phenoxy) is 1. The Bertz CT molecular complexity index is 208. The van der Waals surface area contributed by atoms with E-state index in [2.05, 4.69) is 6.58 Å². The van der Waals surface area contributed by atoms with Gasteiger partial charge in [0.25, 0.3) is 0 Å². The summed E-state index contributed by atoms with van der Waals surface area (Å²) in [7, 11) is 1.62. The molecule has 0 aromatic carbocycles. The van der Waals surface area contributed by atoms with E-state index in [4.69, 9.17) is 9.84 Å². The number of allylic oxidation sites excluding steroid dienone is 3. The van der Waals surface area contributed by atoms with Gasteiger partial charge < -0.3 is 9.84 Å². The molecule has 68 valence electrons. The van der Waals surface area contributed by atoms with Crippen LogP contribution in [0.3, 0.4) is 0 Å². The number of hydrogen-bond donors (Lipinski definition) is 1. The van der Waals surface area contributed by atoms with Gasteiger partial charge >= 0.3 is 0 Å². The molecule has 12 heavy (non-hydrogen) atoms. The SMILES string of the molecule is C=C/C(C)=C(/C=C(\C)O)COC. The minimum absolute atomic E-state index is 0.281. The van der Waals surface area contributed by atoms with Gasteiger partial charge in [0.15, 0.2) is 0 Å². The number of rotatable bonds is 4. The van der Waals surface area contributed by atoms with E-state index in [1.807, 2.05) is 6.92 Å². The largest absolute Gasteiger partial charge is 0.513 e. The minimum Gasteiger partial charge on any atom is -0.513 e. The second-order valence-corrected chi connectivity index (χ2v) is 2.63. The molecule has 0 aromatic heterocycles. The Morgan fingerprint density at radius 3 is 2.42 bits per heavy atom. The lowest BCUT2D eigenvalue weighted by Crippen LogP contribution is -1.95. The van der Waals surface area contributed by atoms with E-state index in [-0.39, 0.29) is 5.76 Å². The van der Waals surface area contributed by atoms with Crippen molar-refractivity contribution >= 4 is 0 Å². The molecule has 0 aliphatic rings. The van der Waals surface area contributed by atoms with Crippen molar-refractivity contribution in [3.63, 3.8) is 0 Å². The van der Waals surface area contributed by atoms with Crippen molar-refractivity contribution in [3.8, 4) is 0 Å². The highest BCUT2D eigenvalue weighted by Gasteiger charge is 1.96. The smallest absolute Gasteiger partial charge is 0.0895 e. The molecule has 0 saturated carbocycles. The summed E-state index contributed by atoms with van der Waals surface area (Å²) in [6, 6.07) is 0. The summed E-state index contributed by atoms with van der Waals surface area (Å²) in [5, 5.41) is 9.03. The van der Waals surface area contributed by atoms with Gasteiger partial charge in [0.2, 0.25) is 0 Å². The quantitative estimate of drug-likeness (QED) is 0.516. The van der Waals surface area contributed by atoms with Gasteiger partial charge in [0.1, 0.15) is 0 Å². The number of aliphatic hydroxyl groups is 1. The molecule has 0 unspecified atom stereocenters. The van der Waals surface area contributed by atoms with Crippen LogP contribution in [0.25, 0.3) is 0 Å². The number of aliphatic hydroxyl groups excluding tert-OH is 1. The van der Waals surface area contributed by atoms with Crippen LogP contribution < -0.4 is 0 Å². The highest BCUT2D eigenvalue weighted by molar-refractivity contribution is 5.31. The molecule has 2 nitrogen and oxygen atoms in total.